The van der Waals surface area contributed by atoms with Crippen LogP contribution in [0.2, 0.25) is 5.02 Å². The molecule has 0 aliphatic rings. The molecule has 0 bridgehead atoms. The quantitative estimate of drug-likeness (QED) is 0.652. The molecule has 1 N–H and O–H groups in total. The second kappa shape index (κ2) is 7.52. The minimum absolute atomic E-state index is 0.176. The van der Waals surface area contributed by atoms with Crippen molar-refractivity contribution in [3.05, 3.63) is 69.3 Å². The summed E-state index contributed by atoms with van der Waals surface area (Å²) in [4.78, 5) is 13.2. The van der Waals surface area contributed by atoms with Crippen LogP contribution in [-0.4, -0.2) is 13.0 Å². The number of nitrogens with one attached hydrogen (secondary N) is 1. The number of fused-ring (bicyclic) bond motifs is 1. The Morgan fingerprint density at radius 1 is 1.32 bits per heavy atom. The molecule has 0 aliphatic carbocycles. The van der Waals surface area contributed by atoms with Crippen molar-refractivity contribution < 1.29 is 13.9 Å². The van der Waals surface area contributed by atoms with Gasteiger partial charge in [-0.25, -0.2) is 4.39 Å². The average Bonchev–Trinajstić information content (AvgIpc) is 2.95. The van der Waals surface area contributed by atoms with E-state index >= 15 is 0 Å². The lowest BCUT2D eigenvalue weighted by Gasteiger charge is -2.14. The highest BCUT2D eigenvalue weighted by Gasteiger charge is 2.22. The Morgan fingerprint density at radius 3 is 2.80 bits per heavy atom. The molecule has 0 fully saturated rings. The van der Waals surface area contributed by atoms with E-state index in [0.29, 0.717) is 20.8 Å². The van der Waals surface area contributed by atoms with Gasteiger partial charge in [0.15, 0.2) is 0 Å². The maximum Gasteiger partial charge on any atom is 0.262 e. The Bertz CT molecular complexity index is 925. The molecule has 1 aromatic heterocycles. The van der Waals surface area contributed by atoms with Gasteiger partial charge in [-0.3, -0.25) is 4.79 Å². The van der Waals surface area contributed by atoms with E-state index in [4.69, 9.17) is 16.3 Å². The first-order chi connectivity index (χ1) is 12.0. The van der Waals surface area contributed by atoms with Gasteiger partial charge in [0.1, 0.15) is 5.82 Å². The topological polar surface area (TPSA) is 38.3 Å². The molecular formula is C19H17ClFNO2S. The van der Waals surface area contributed by atoms with E-state index in [-0.39, 0.29) is 24.4 Å². The average molecular weight is 378 g/mol. The standard InChI is InChI=1S/C19H17ClFNO2S/c1-11(12-5-3-6-13(20)9-12)22-19(23)18-14(10-24-2)17-15(21)7-4-8-16(17)25-18/h3-9,11H,10H2,1-2H3,(H,22,23). The van der Waals surface area contributed by atoms with E-state index in [2.05, 4.69) is 5.32 Å². The van der Waals surface area contributed by atoms with Gasteiger partial charge in [0.25, 0.3) is 5.91 Å². The van der Waals surface area contributed by atoms with Crippen molar-refractivity contribution in [1.82, 2.24) is 5.32 Å². The zero-order valence-electron chi connectivity index (χ0n) is 13.8. The molecule has 0 spiro atoms. The molecule has 3 nitrogen and oxygen atoms in total. The van der Waals surface area contributed by atoms with Crippen LogP contribution in [0.4, 0.5) is 4.39 Å². The SMILES string of the molecule is COCc1c(C(=O)NC(C)c2cccc(Cl)c2)sc2cccc(F)c12. The molecule has 0 saturated heterocycles. The summed E-state index contributed by atoms with van der Waals surface area (Å²) in [6.07, 6.45) is 0. The predicted octanol–water partition coefficient (Wildman–Crippen LogP) is 5.33. The summed E-state index contributed by atoms with van der Waals surface area (Å²) < 4.78 is 20.1. The Labute approximate surface area is 154 Å². The minimum atomic E-state index is -0.345. The number of hydrogen-bond acceptors (Lipinski definition) is 3. The van der Waals surface area contributed by atoms with Crippen molar-refractivity contribution in [3.63, 3.8) is 0 Å². The van der Waals surface area contributed by atoms with Crippen LogP contribution >= 0.6 is 22.9 Å². The van der Waals surface area contributed by atoms with E-state index in [1.54, 1.807) is 18.2 Å². The molecule has 2 aromatic carbocycles. The largest absolute Gasteiger partial charge is 0.380 e. The van der Waals surface area contributed by atoms with Gasteiger partial charge in [-0.05, 0) is 36.8 Å². The number of thiophene rings is 1. The smallest absolute Gasteiger partial charge is 0.262 e. The number of amides is 1. The van der Waals surface area contributed by atoms with Gasteiger partial charge in [0.2, 0.25) is 0 Å². The van der Waals surface area contributed by atoms with Gasteiger partial charge in [-0.1, -0.05) is 29.8 Å². The van der Waals surface area contributed by atoms with E-state index < -0.39 is 0 Å². The van der Waals surface area contributed by atoms with Gasteiger partial charge >= 0.3 is 0 Å². The Hall–Kier alpha value is -1.95. The van der Waals surface area contributed by atoms with Crippen LogP contribution < -0.4 is 5.32 Å². The van der Waals surface area contributed by atoms with Crippen LogP contribution in [0.15, 0.2) is 42.5 Å². The number of ether oxygens (including phenoxy) is 1. The van der Waals surface area contributed by atoms with E-state index in [1.165, 1.54) is 24.5 Å². The molecule has 1 atom stereocenters. The third kappa shape index (κ3) is 3.68. The zero-order chi connectivity index (χ0) is 18.0. The summed E-state index contributed by atoms with van der Waals surface area (Å²) in [6, 6.07) is 11.9. The molecule has 3 aromatic rings. The van der Waals surface area contributed by atoms with Crippen molar-refractivity contribution in [3.8, 4) is 0 Å². The molecule has 3 rings (SSSR count). The first kappa shape index (κ1) is 17.9. The molecule has 6 heteroatoms. The van der Waals surface area contributed by atoms with Gasteiger partial charge in [-0.15, -0.1) is 11.3 Å². The number of carbonyl (C=O) groups is 1. The molecule has 1 unspecified atom stereocenters. The monoisotopic (exact) mass is 377 g/mol. The Kier molecular flexibility index (Phi) is 5.37. The van der Waals surface area contributed by atoms with Gasteiger partial charge < -0.3 is 10.1 Å². The lowest BCUT2D eigenvalue weighted by atomic mass is 10.1. The normalized spacial score (nSPS) is 12.3. The van der Waals surface area contributed by atoms with Gasteiger partial charge in [-0.2, -0.15) is 0 Å². The highest BCUT2D eigenvalue weighted by atomic mass is 35.5. The summed E-state index contributed by atoms with van der Waals surface area (Å²) >= 11 is 7.28. The van der Waals surface area contributed by atoms with Crippen LogP contribution in [0.3, 0.4) is 0 Å². The van der Waals surface area contributed by atoms with Crippen LogP contribution in [0.5, 0.6) is 0 Å². The maximum absolute atomic E-state index is 14.2. The highest BCUT2D eigenvalue weighted by molar-refractivity contribution is 7.21. The number of halogens is 2. The van der Waals surface area contributed by atoms with Gasteiger partial charge in [0.05, 0.1) is 17.5 Å². The molecule has 1 amide bonds. The maximum atomic E-state index is 14.2. The van der Waals surface area contributed by atoms with Crippen LogP contribution in [0.25, 0.3) is 10.1 Å². The highest BCUT2D eigenvalue weighted by Crippen LogP contribution is 2.34. The number of benzene rings is 2. The number of carbonyl (C=O) groups excluding carboxylic acids is 1. The van der Waals surface area contributed by atoms with E-state index in [0.717, 1.165) is 10.3 Å². The van der Waals surface area contributed by atoms with Crippen LogP contribution in [0.1, 0.15) is 33.8 Å². The first-order valence-electron chi connectivity index (χ1n) is 7.76. The van der Waals surface area contributed by atoms with Crippen molar-refractivity contribution >= 4 is 38.9 Å². The van der Waals surface area contributed by atoms with Crippen molar-refractivity contribution in [2.75, 3.05) is 7.11 Å². The lowest BCUT2D eigenvalue weighted by Crippen LogP contribution is -2.26. The molecule has 0 saturated carbocycles. The van der Waals surface area contributed by atoms with Crippen LogP contribution in [0, 0.1) is 5.82 Å². The second-order valence-corrected chi connectivity index (χ2v) is 7.19. The molecule has 130 valence electrons. The summed E-state index contributed by atoms with van der Waals surface area (Å²) in [5, 5.41) is 4.02. The predicted molar refractivity (Wildman–Crippen MR) is 99.8 cm³/mol. The van der Waals surface area contributed by atoms with E-state index in [1.807, 2.05) is 25.1 Å². The Morgan fingerprint density at radius 2 is 2.08 bits per heavy atom. The number of hydrogen-bond donors (Lipinski definition) is 1. The third-order valence-electron chi connectivity index (χ3n) is 3.95. The molecule has 0 radical (unpaired) electrons. The summed E-state index contributed by atoms with van der Waals surface area (Å²) in [5.74, 6) is -0.595. The van der Waals surface area contributed by atoms with E-state index in [9.17, 15) is 9.18 Å². The lowest BCUT2D eigenvalue weighted by molar-refractivity contribution is 0.0940. The fourth-order valence-electron chi connectivity index (χ4n) is 2.75. The molecular weight excluding hydrogens is 361 g/mol. The molecule has 0 aliphatic heterocycles. The van der Waals surface area contributed by atoms with Crippen molar-refractivity contribution in [1.29, 1.82) is 0 Å². The zero-order valence-corrected chi connectivity index (χ0v) is 15.4. The van der Waals surface area contributed by atoms with Crippen molar-refractivity contribution in [2.24, 2.45) is 0 Å². The molecule has 25 heavy (non-hydrogen) atoms. The first-order valence-corrected chi connectivity index (χ1v) is 8.96. The second-order valence-electron chi connectivity index (χ2n) is 5.71. The Balaban J connectivity index is 1.94. The number of methoxy groups -OCH3 is 1. The summed E-state index contributed by atoms with van der Waals surface area (Å²) in [7, 11) is 1.53. The van der Waals surface area contributed by atoms with Crippen molar-refractivity contribution in [2.45, 2.75) is 19.6 Å². The fraction of sp³-hybridized carbons (Fsp3) is 0.211. The number of rotatable bonds is 5. The third-order valence-corrected chi connectivity index (χ3v) is 5.39. The minimum Gasteiger partial charge on any atom is -0.380 e. The fourth-order valence-corrected chi connectivity index (χ4v) is 4.08. The van der Waals surface area contributed by atoms with Crippen LogP contribution in [-0.2, 0) is 11.3 Å². The van der Waals surface area contributed by atoms with Gasteiger partial charge in [0, 0.05) is 27.8 Å². The molecule has 1 heterocycles. The summed E-state index contributed by atoms with van der Waals surface area (Å²) in [5.41, 5.74) is 1.48. The summed E-state index contributed by atoms with van der Waals surface area (Å²) in [6.45, 7) is 2.06.